The van der Waals surface area contributed by atoms with Crippen LogP contribution < -0.4 is 5.32 Å². The molecule has 7 nitrogen and oxygen atoms in total. The van der Waals surface area contributed by atoms with Gasteiger partial charge in [0.25, 0.3) is 5.91 Å². The Morgan fingerprint density at radius 3 is 2.92 bits per heavy atom. The smallest absolute Gasteiger partial charge is 0.252 e. The van der Waals surface area contributed by atoms with Crippen molar-refractivity contribution in [3.05, 3.63) is 53.3 Å². The average Bonchev–Trinajstić information content (AvgIpc) is 3.09. The number of likely N-dealkylation sites (N-methyl/N-ethyl adjacent to an activating group) is 1. The van der Waals surface area contributed by atoms with Gasteiger partial charge in [0.2, 0.25) is 5.91 Å². The van der Waals surface area contributed by atoms with E-state index in [2.05, 4.69) is 15.5 Å². The SMILES string of the molecule is Cc1ccccc1[C@@H]1[C@@H](C(=O)NCc2ccn[nH]2)OCC(=O)N1C. The van der Waals surface area contributed by atoms with Crippen molar-refractivity contribution >= 4 is 11.8 Å². The van der Waals surface area contributed by atoms with Crippen LogP contribution >= 0.6 is 0 Å². The first-order valence-corrected chi connectivity index (χ1v) is 7.76. The van der Waals surface area contributed by atoms with Crippen molar-refractivity contribution in [1.82, 2.24) is 20.4 Å². The minimum absolute atomic E-state index is 0.0962. The first-order chi connectivity index (χ1) is 11.6. The fraction of sp³-hybridized carbons (Fsp3) is 0.353. The minimum atomic E-state index is -0.753. The third kappa shape index (κ3) is 3.16. The van der Waals surface area contributed by atoms with Gasteiger partial charge in [-0.05, 0) is 24.1 Å². The number of hydrogen-bond acceptors (Lipinski definition) is 4. The highest BCUT2D eigenvalue weighted by Gasteiger charge is 2.40. The number of morpholine rings is 1. The number of carbonyl (C=O) groups excluding carboxylic acids is 2. The molecule has 7 heteroatoms. The van der Waals surface area contributed by atoms with Gasteiger partial charge in [-0.1, -0.05) is 24.3 Å². The summed E-state index contributed by atoms with van der Waals surface area (Å²) in [6, 6.07) is 9.05. The summed E-state index contributed by atoms with van der Waals surface area (Å²) in [5.41, 5.74) is 2.73. The highest BCUT2D eigenvalue weighted by Crippen LogP contribution is 2.31. The van der Waals surface area contributed by atoms with E-state index in [0.29, 0.717) is 6.54 Å². The molecule has 0 saturated carbocycles. The Morgan fingerprint density at radius 2 is 2.21 bits per heavy atom. The predicted octanol–water partition coefficient (Wildman–Crippen LogP) is 0.933. The standard InChI is InChI=1S/C17H20N4O3/c1-11-5-3-4-6-13(11)15-16(24-10-14(22)21(15)2)17(23)18-9-12-7-8-19-20-12/h3-8,15-16H,9-10H2,1-2H3,(H,18,23)(H,19,20)/t15-,16+/m1/s1. The molecule has 24 heavy (non-hydrogen) atoms. The van der Waals surface area contributed by atoms with Crippen molar-refractivity contribution in [1.29, 1.82) is 0 Å². The zero-order valence-corrected chi connectivity index (χ0v) is 13.7. The molecule has 1 fully saturated rings. The molecule has 0 spiro atoms. The number of aromatic amines is 1. The Bertz CT molecular complexity index is 729. The van der Waals surface area contributed by atoms with Crippen LogP contribution in [0.15, 0.2) is 36.5 Å². The number of rotatable bonds is 4. The van der Waals surface area contributed by atoms with Crippen molar-refractivity contribution in [3.8, 4) is 0 Å². The second-order valence-electron chi connectivity index (χ2n) is 5.84. The number of benzene rings is 1. The molecule has 1 aromatic heterocycles. The van der Waals surface area contributed by atoms with E-state index in [1.807, 2.05) is 31.2 Å². The van der Waals surface area contributed by atoms with E-state index in [1.54, 1.807) is 24.2 Å². The molecule has 1 aromatic carbocycles. The third-order valence-electron chi connectivity index (χ3n) is 4.26. The van der Waals surface area contributed by atoms with Gasteiger partial charge < -0.3 is 15.0 Å². The number of aryl methyl sites for hydroxylation is 1. The van der Waals surface area contributed by atoms with Crippen molar-refractivity contribution in [2.24, 2.45) is 0 Å². The molecule has 3 rings (SSSR count). The summed E-state index contributed by atoms with van der Waals surface area (Å²) < 4.78 is 5.59. The lowest BCUT2D eigenvalue weighted by Crippen LogP contribution is -2.53. The number of amides is 2. The van der Waals surface area contributed by atoms with Crippen molar-refractivity contribution in [3.63, 3.8) is 0 Å². The van der Waals surface area contributed by atoms with Crippen LogP contribution in [0.2, 0.25) is 0 Å². The van der Waals surface area contributed by atoms with Gasteiger partial charge in [0.05, 0.1) is 18.3 Å². The summed E-state index contributed by atoms with van der Waals surface area (Å²) in [5.74, 6) is -0.391. The maximum atomic E-state index is 12.6. The van der Waals surface area contributed by atoms with Gasteiger partial charge in [-0.2, -0.15) is 5.10 Å². The minimum Gasteiger partial charge on any atom is -0.356 e. The van der Waals surface area contributed by atoms with E-state index in [9.17, 15) is 9.59 Å². The second kappa shape index (κ2) is 6.84. The van der Waals surface area contributed by atoms with Crippen LogP contribution in [0.4, 0.5) is 0 Å². The molecule has 2 heterocycles. The first kappa shape index (κ1) is 16.2. The molecule has 2 amide bonds. The number of carbonyl (C=O) groups is 2. The Kier molecular flexibility index (Phi) is 4.61. The summed E-state index contributed by atoms with van der Waals surface area (Å²) in [6.07, 6.45) is 0.873. The first-order valence-electron chi connectivity index (χ1n) is 7.76. The monoisotopic (exact) mass is 328 g/mol. The average molecular weight is 328 g/mol. The molecule has 2 atom stereocenters. The molecule has 0 aliphatic carbocycles. The molecule has 0 bridgehead atoms. The molecule has 126 valence electrons. The van der Waals surface area contributed by atoms with Crippen molar-refractivity contribution in [2.45, 2.75) is 25.6 Å². The van der Waals surface area contributed by atoms with Gasteiger partial charge >= 0.3 is 0 Å². The van der Waals surface area contributed by atoms with Crippen LogP contribution in [0.3, 0.4) is 0 Å². The molecule has 0 radical (unpaired) electrons. The van der Waals surface area contributed by atoms with Gasteiger partial charge in [-0.15, -0.1) is 0 Å². The molecule has 1 aliphatic heterocycles. The number of ether oxygens (including phenoxy) is 1. The normalized spacial score (nSPS) is 20.9. The maximum absolute atomic E-state index is 12.6. The van der Waals surface area contributed by atoms with Gasteiger partial charge in [-0.25, -0.2) is 0 Å². The molecule has 1 saturated heterocycles. The molecule has 0 unspecified atom stereocenters. The Balaban J connectivity index is 1.82. The van der Waals surface area contributed by atoms with E-state index in [4.69, 9.17) is 4.74 Å². The highest BCUT2D eigenvalue weighted by molar-refractivity contribution is 5.86. The van der Waals surface area contributed by atoms with Gasteiger partial charge in [0.15, 0.2) is 6.10 Å². The molecule has 2 N–H and O–H groups in total. The van der Waals surface area contributed by atoms with Crippen LogP contribution in [0.1, 0.15) is 22.9 Å². The maximum Gasteiger partial charge on any atom is 0.252 e. The molecule has 2 aromatic rings. The molecular formula is C17H20N4O3. The Morgan fingerprint density at radius 1 is 1.42 bits per heavy atom. The van der Waals surface area contributed by atoms with E-state index in [1.165, 1.54) is 0 Å². The lowest BCUT2D eigenvalue weighted by molar-refractivity contribution is -0.162. The quantitative estimate of drug-likeness (QED) is 0.874. The van der Waals surface area contributed by atoms with Gasteiger partial charge in [0.1, 0.15) is 6.61 Å². The summed E-state index contributed by atoms with van der Waals surface area (Å²) >= 11 is 0. The fourth-order valence-corrected chi connectivity index (χ4v) is 2.89. The van der Waals surface area contributed by atoms with E-state index in [-0.39, 0.29) is 18.4 Å². The van der Waals surface area contributed by atoms with Gasteiger partial charge in [0, 0.05) is 13.2 Å². The van der Waals surface area contributed by atoms with E-state index in [0.717, 1.165) is 16.8 Å². The van der Waals surface area contributed by atoms with Crippen LogP contribution in [-0.2, 0) is 20.9 Å². The predicted molar refractivity (Wildman–Crippen MR) is 86.9 cm³/mol. The largest absolute Gasteiger partial charge is 0.356 e. The summed E-state index contributed by atoms with van der Waals surface area (Å²) in [7, 11) is 1.71. The summed E-state index contributed by atoms with van der Waals surface area (Å²) in [5, 5.41) is 9.48. The third-order valence-corrected chi connectivity index (χ3v) is 4.26. The molecule has 1 aliphatic rings. The lowest BCUT2D eigenvalue weighted by Gasteiger charge is -2.38. The topological polar surface area (TPSA) is 87.3 Å². The zero-order valence-electron chi connectivity index (χ0n) is 13.7. The second-order valence-corrected chi connectivity index (χ2v) is 5.84. The zero-order chi connectivity index (χ0) is 17.1. The lowest BCUT2D eigenvalue weighted by atomic mass is 9.94. The van der Waals surface area contributed by atoms with Crippen molar-refractivity contribution < 1.29 is 14.3 Å². The van der Waals surface area contributed by atoms with Crippen LogP contribution in [0.25, 0.3) is 0 Å². The molecular weight excluding hydrogens is 308 g/mol. The number of nitrogens with one attached hydrogen (secondary N) is 2. The Labute approximate surface area is 140 Å². The number of hydrogen-bond donors (Lipinski definition) is 2. The van der Waals surface area contributed by atoms with Crippen LogP contribution in [0, 0.1) is 6.92 Å². The Hall–Kier alpha value is -2.67. The fourth-order valence-electron chi connectivity index (χ4n) is 2.89. The highest BCUT2D eigenvalue weighted by atomic mass is 16.5. The van der Waals surface area contributed by atoms with Crippen molar-refractivity contribution in [2.75, 3.05) is 13.7 Å². The van der Waals surface area contributed by atoms with Crippen LogP contribution in [-0.4, -0.2) is 46.7 Å². The number of H-pyrrole nitrogens is 1. The summed E-state index contributed by atoms with van der Waals surface area (Å²) in [6.45, 7) is 2.19. The van der Waals surface area contributed by atoms with Gasteiger partial charge in [-0.3, -0.25) is 14.7 Å². The number of nitrogens with zero attached hydrogens (tertiary/aromatic N) is 2. The number of aromatic nitrogens is 2. The summed E-state index contributed by atoms with van der Waals surface area (Å²) in [4.78, 5) is 26.3. The van der Waals surface area contributed by atoms with E-state index >= 15 is 0 Å². The van der Waals surface area contributed by atoms with E-state index < -0.39 is 12.1 Å². The van der Waals surface area contributed by atoms with Crippen LogP contribution in [0.5, 0.6) is 0 Å².